The fourth-order valence-corrected chi connectivity index (χ4v) is 17.2. The number of benzene rings is 8. The topological polar surface area (TPSA) is 74.6 Å². The summed E-state index contributed by atoms with van der Waals surface area (Å²) in [5, 5.41) is 36.0. The van der Waals surface area contributed by atoms with Gasteiger partial charge in [-0.3, -0.25) is 0 Å². The van der Waals surface area contributed by atoms with Crippen LogP contribution in [-0.2, 0) is 23.6 Å². The van der Waals surface area contributed by atoms with Crippen LogP contribution in [0, 0.1) is 34.0 Å². The highest BCUT2D eigenvalue weighted by Gasteiger charge is 2.46. The first-order valence-corrected chi connectivity index (χ1v) is 24.6. The van der Waals surface area contributed by atoms with E-state index in [2.05, 4.69) is 126 Å². The second kappa shape index (κ2) is 14.3. The van der Waals surface area contributed by atoms with E-state index in [1.807, 2.05) is 78.9 Å². The molecule has 0 N–H and O–H groups in total. The molecule has 0 fully saturated rings. The van der Waals surface area contributed by atoms with Gasteiger partial charge >= 0.3 is 0 Å². The minimum Gasteiger partial charge on any atom is -0.308 e. The molecule has 0 saturated heterocycles. The van der Waals surface area contributed by atoms with Gasteiger partial charge in [0.1, 0.15) is 0 Å². The van der Waals surface area contributed by atoms with Gasteiger partial charge in [0.25, 0.3) is 0 Å². The largest absolute Gasteiger partial charge is 0.308 e. The van der Waals surface area contributed by atoms with Crippen LogP contribution in [0.4, 0.5) is 17.1 Å². The van der Waals surface area contributed by atoms with E-state index in [1.165, 1.54) is 0 Å². The molecule has 2 unspecified atom stereocenters. The quantitative estimate of drug-likeness (QED) is 0.161. The van der Waals surface area contributed by atoms with Crippen LogP contribution in [0.25, 0.3) is 33.4 Å². The summed E-state index contributed by atoms with van der Waals surface area (Å²) in [4.78, 5) is 2.39. The predicted octanol–water partition coefficient (Wildman–Crippen LogP) is 9.91. The Morgan fingerprint density at radius 1 is 0.356 bits per heavy atom. The second-order valence-electron chi connectivity index (χ2n) is 14.6. The average Bonchev–Trinajstić information content (AvgIpc) is 3.31. The van der Waals surface area contributed by atoms with Crippen molar-refractivity contribution in [3.05, 3.63) is 199 Å². The molecule has 0 radical (unpaired) electrons. The molecule has 8 aromatic carbocycles. The summed E-state index contributed by atoms with van der Waals surface area (Å²) in [7, 11) is 0. The van der Waals surface area contributed by atoms with Crippen LogP contribution in [0.2, 0.25) is 0 Å². The van der Waals surface area contributed by atoms with Gasteiger partial charge in [0.15, 0.2) is 0 Å². The van der Waals surface area contributed by atoms with Crippen molar-refractivity contribution in [2.45, 2.75) is 0 Å². The number of hydrogen-bond donors (Lipinski definition) is 0. The molecule has 8 heteroatoms. The van der Waals surface area contributed by atoms with Crippen molar-refractivity contribution >= 4 is 84.6 Å². The molecule has 0 amide bonds. The fourth-order valence-electron chi connectivity index (χ4n) is 8.54. The second-order valence-corrected chi connectivity index (χ2v) is 23.3. The number of nitrogens with zero attached hydrogens (tertiary/aromatic N) is 4. The third kappa shape index (κ3) is 5.75. The van der Waals surface area contributed by atoms with Crippen LogP contribution in [-0.4, -0.2) is 0 Å². The summed E-state index contributed by atoms with van der Waals surface area (Å²) in [6.45, 7) is 0. The molecule has 2 aliphatic heterocycles. The van der Waals surface area contributed by atoms with Crippen molar-refractivity contribution in [2.75, 3.05) is 4.90 Å². The molecule has 0 spiro atoms. The first kappa shape index (κ1) is 36.7. The van der Waals surface area contributed by atoms with Crippen molar-refractivity contribution in [3.8, 4) is 51.6 Å². The van der Waals surface area contributed by atoms with E-state index in [0.717, 1.165) is 82.3 Å². The lowest BCUT2D eigenvalue weighted by atomic mass is 10.00. The number of rotatable bonds is 5. The molecular weight excluding hydrogens is 795 g/mol. The third-order valence-electron chi connectivity index (χ3n) is 11.3. The van der Waals surface area contributed by atoms with Crippen molar-refractivity contribution in [1.82, 2.24) is 0 Å². The van der Waals surface area contributed by atoms with Gasteiger partial charge in [-0.25, -0.2) is 0 Å². The maximum Gasteiger partial charge on any atom is 0.0991 e. The van der Waals surface area contributed by atoms with Gasteiger partial charge in [-0.05, 0) is 117 Å². The Labute approximate surface area is 353 Å². The smallest absolute Gasteiger partial charge is 0.0991 e. The van der Waals surface area contributed by atoms with Crippen molar-refractivity contribution in [3.63, 3.8) is 0 Å². The van der Waals surface area contributed by atoms with Gasteiger partial charge in [0.05, 0.1) is 52.0 Å². The minimum absolute atomic E-state index is 0.574. The summed E-state index contributed by atoms with van der Waals surface area (Å²) in [6, 6.07) is 63.0. The molecule has 2 aliphatic rings. The van der Waals surface area contributed by atoms with Gasteiger partial charge < -0.3 is 4.90 Å². The maximum atomic E-state index is 10.0. The van der Waals surface area contributed by atoms with Crippen LogP contribution >= 0.6 is 12.1 Å². The lowest BCUT2D eigenvalue weighted by Crippen LogP contribution is -2.46. The molecule has 0 aliphatic carbocycles. The SMILES string of the molecule is N#Cc1cccc(-c2ccc3c(c2)P(=S)(c2ccccc2)c2cc(-c4cccc(C#N)c4)cc4c2N3c2ccc(-c3cccc(C#N)c3)cc2P4(=S)c2ccccc2)c1. The third-order valence-corrected chi connectivity index (χ3v) is 21.1. The zero-order chi connectivity index (χ0) is 40.3. The molecule has 0 bridgehead atoms. The summed E-state index contributed by atoms with van der Waals surface area (Å²) in [5.74, 6) is 0. The summed E-state index contributed by atoms with van der Waals surface area (Å²) < 4.78 is 0. The standard InChI is InChI=1S/C51H30N4P2S2/c52-31-34-10-7-13-37(24-34)40-20-22-45-47(27-40)56(58,43-16-3-1-4-17-43)49-29-42(39-15-9-12-36(26-39)33-54)30-50-51(49)55(45)46-23-21-41(38-14-8-11-35(25-38)32-53)28-48(46)57(50,59)44-18-5-2-6-19-44/h1-30H. The first-order valence-electron chi connectivity index (χ1n) is 19.0. The average molecular weight is 825 g/mol. The van der Waals surface area contributed by atoms with Crippen molar-refractivity contribution in [2.24, 2.45) is 0 Å². The highest BCUT2D eigenvalue weighted by atomic mass is 32.4. The van der Waals surface area contributed by atoms with E-state index in [1.54, 1.807) is 0 Å². The lowest BCUT2D eigenvalue weighted by molar-refractivity contribution is 1.31. The Morgan fingerprint density at radius 2 is 0.712 bits per heavy atom. The monoisotopic (exact) mass is 824 g/mol. The molecule has 59 heavy (non-hydrogen) atoms. The first-order chi connectivity index (χ1) is 28.8. The molecule has 4 nitrogen and oxygen atoms in total. The summed E-state index contributed by atoms with van der Waals surface area (Å²) in [5.41, 5.74) is 10.5. The number of nitriles is 3. The highest BCUT2D eigenvalue weighted by Crippen LogP contribution is 2.61. The Kier molecular flexibility index (Phi) is 8.89. The molecule has 276 valence electrons. The van der Waals surface area contributed by atoms with E-state index >= 15 is 0 Å². The number of fused-ring (bicyclic) bond motifs is 4. The molecular formula is C51H30N4P2S2. The number of anilines is 3. The van der Waals surface area contributed by atoms with E-state index in [9.17, 15) is 15.8 Å². The number of hydrogen-bond acceptors (Lipinski definition) is 6. The predicted molar refractivity (Wildman–Crippen MR) is 251 cm³/mol. The molecule has 8 aromatic rings. The van der Waals surface area contributed by atoms with Gasteiger partial charge in [-0.2, -0.15) is 15.8 Å². The van der Waals surface area contributed by atoms with Gasteiger partial charge in [0, 0.05) is 33.3 Å². The molecule has 10 rings (SSSR count). The van der Waals surface area contributed by atoms with Crippen LogP contribution in [0.3, 0.4) is 0 Å². The Bertz CT molecular complexity index is 3100. The van der Waals surface area contributed by atoms with E-state index in [0.29, 0.717) is 16.7 Å². The Hall–Kier alpha value is -6.67. The van der Waals surface area contributed by atoms with Gasteiger partial charge in [0.2, 0.25) is 0 Å². The fraction of sp³-hybridized carbons (Fsp3) is 0. The molecule has 2 heterocycles. The van der Waals surface area contributed by atoms with Crippen LogP contribution < -0.4 is 36.7 Å². The van der Waals surface area contributed by atoms with Gasteiger partial charge in [-0.1, -0.05) is 133 Å². The zero-order valence-corrected chi connectivity index (χ0v) is 34.7. The van der Waals surface area contributed by atoms with Crippen molar-refractivity contribution in [1.29, 1.82) is 15.8 Å². The zero-order valence-electron chi connectivity index (χ0n) is 31.3. The minimum atomic E-state index is -2.85. The van der Waals surface area contributed by atoms with Crippen LogP contribution in [0.5, 0.6) is 0 Å². The van der Waals surface area contributed by atoms with Crippen LogP contribution in [0.15, 0.2) is 182 Å². The van der Waals surface area contributed by atoms with Gasteiger partial charge in [-0.15, -0.1) is 0 Å². The maximum absolute atomic E-state index is 10.0. The molecule has 2 atom stereocenters. The highest BCUT2D eigenvalue weighted by molar-refractivity contribution is 8.27. The van der Waals surface area contributed by atoms with E-state index in [-0.39, 0.29) is 0 Å². The van der Waals surface area contributed by atoms with Crippen molar-refractivity contribution < 1.29 is 0 Å². The molecule has 0 saturated carbocycles. The lowest BCUT2D eigenvalue weighted by Gasteiger charge is -2.47. The van der Waals surface area contributed by atoms with E-state index < -0.39 is 12.1 Å². The summed E-state index contributed by atoms with van der Waals surface area (Å²) >= 11 is 14.5. The Balaban J connectivity index is 1.36. The van der Waals surface area contributed by atoms with E-state index in [4.69, 9.17) is 23.6 Å². The van der Waals surface area contributed by atoms with Crippen LogP contribution in [0.1, 0.15) is 16.7 Å². The summed E-state index contributed by atoms with van der Waals surface area (Å²) in [6.07, 6.45) is 0. The normalized spacial score (nSPS) is 17.0. The molecule has 0 aromatic heterocycles. The Morgan fingerprint density at radius 3 is 1.10 bits per heavy atom.